The molecule has 0 saturated heterocycles. The van der Waals surface area contributed by atoms with Crippen LogP contribution in [0.25, 0.3) is 0 Å². The molecule has 0 fully saturated rings. The summed E-state index contributed by atoms with van der Waals surface area (Å²) < 4.78 is 26.2. The van der Waals surface area contributed by atoms with Gasteiger partial charge in [0.05, 0.1) is 6.26 Å². The number of benzene rings is 1. The molecule has 5 heteroatoms. The maximum absolute atomic E-state index is 10.7. The molecule has 0 heterocycles. The molecule has 0 atom stereocenters. The summed E-state index contributed by atoms with van der Waals surface area (Å²) in [6, 6.07) is 4.92. The topological polar surface area (TPSA) is 43.4 Å². The van der Waals surface area contributed by atoms with Crippen molar-refractivity contribution in [2.45, 2.75) is 11.8 Å². The van der Waals surface area contributed by atoms with Gasteiger partial charge in [0, 0.05) is 4.90 Å². The Hall–Kier alpha value is -0.680. The average molecular weight is 218 g/mol. The Morgan fingerprint density at radius 1 is 1.38 bits per heavy atom. The van der Waals surface area contributed by atoms with Crippen LogP contribution in [0.4, 0.5) is 0 Å². The largest absolute Gasteiger partial charge is 0.383 e. The predicted octanol–water partition coefficient (Wildman–Crippen LogP) is 1.62. The number of rotatable bonds is 2. The summed E-state index contributed by atoms with van der Waals surface area (Å²) in [5.74, 6) is 0.290. The van der Waals surface area contributed by atoms with Gasteiger partial charge in [0.2, 0.25) is 0 Å². The highest BCUT2D eigenvalue weighted by Gasteiger charge is 2.04. The van der Waals surface area contributed by atoms with Gasteiger partial charge in [0.25, 0.3) is 0 Å². The molecule has 0 unspecified atom stereocenters. The maximum Gasteiger partial charge on any atom is 0.306 e. The van der Waals surface area contributed by atoms with Crippen LogP contribution >= 0.6 is 12.6 Å². The van der Waals surface area contributed by atoms with Crippen molar-refractivity contribution in [3.63, 3.8) is 0 Å². The molecule has 1 aromatic rings. The zero-order chi connectivity index (χ0) is 10.1. The van der Waals surface area contributed by atoms with Crippen molar-refractivity contribution in [2.75, 3.05) is 6.26 Å². The van der Waals surface area contributed by atoms with E-state index < -0.39 is 10.1 Å². The molecule has 3 nitrogen and oxygen atoms in total. The van der Waals surface area contributed by atoms with Crippen molar-refractivity contribution >= 4 is 22.7 Å². The molecule has 72 valence electrons. The Bertz CT molecular complexity index is 409. The van der Waals surface area contributed by atoms with E-state index >= 15 is 0 Å². The van der Waals surface area contributed by atoms with Crippen molar-refractivity contribution in [1.29, 1.82) is 0 Å². The molecule has 0 aliphatic rings. The molecular weight excluding hydrogens is 208 g/mol. The molecule has 0 radical (unpaired) electrons. The first kappa shape index (κ1) is 10.4. The standard InChI is InChI=1S/C8H10O3S2/c1-6-3-4-7(5-8(6)12)11-13(2,9)10/h3-5,12H,1-2H3. The van der Waals surface area contributed by atoms with Crippen LogP contribution in [0.5, 0.6) is 5.75 Å². The molecule has 0 spiro atoms. The zero-order valence-corrected chi connectivity index (χ0v) is 9.02. The van der Waals surface area contributed by atoms with Crippen LogP contribution in [0.1, 0.15) is 5.56 Å². The molecule has 1 aromatic carbocycles. The van der Waals surface area contributed by atoms with E-state index in [0.717, 1.165) is 11.8 Å². The first-order valence-electron chi connectivity index (χ1n) is 3.57. The smallest absolute Gasteiger partial charge is 0.306 e. The van der Waals surface area contributed by atoms with Gasteiger partial charge in [-0.2, -0.15) is 8.42 Å². The van der Waals surface area contributed by atoms with Gasteiger partial charge in [-0.25, -0.2) is 0 Å². The van der Waals surface area contributed by atoms with E-state index in [1.54, 1.807) is 18.2 Å². The van der Waals surface area contributed by atoms with Crippen molar-refractivity contribution in [1.82, 2.24) is 0 Å². The Labute approximate surface area is 83.3 Å². The molecule has 0 bridgehead atoms. The first-order chi connectivity index (χ1) is 5.88. The Balaban J connectivity index is 2.99. The minimum Gasteiger partial charge on any atom is -0.383 e. The van der Waals surface area contributed by atoms with Gasteiger partial charge in [0.1, 0.15) is 5.75 Å². The van der Waals surface area contributed by atoms with Crippen LogP contribution in [-0.4, -0.2) is 14.7 Å². The van der Waals surface area contributed by atoms with E-state index in [1.165, 1.54) is 0 Å². The first-order valence-corrected chi connectivity index (χ1v) is 5.84. The molecule has 13 heavy (non-hydrogen) atoms. The normalized spacial score (nSPS) is 11.3. The fourth-order valence-electron chi connectivity index (χ4n) is 0.816. The molecular formula is C8H10O3S2. The van der Waals surface area contributed by atoms with Gasteiger partial charge in [-0.3, -0.25) is 0 Å². The number of thiol groups is 1. The second kappa shape index (κ2) is 3.59. The molecule has 0 aliphatic carbocycles. The third-order valence-electron chi connectivity index (χ3n) is 1.43. The molecule has 1 rings (SSSR count). The Kier molecular flexibility index (Phi) is 2.87. The van der Waals surface area contributed by atoms with E-state index in [9.17, 15) is 8.42 Å². The molecule has 0 aromatic heterocycles. The van der Waals surface area contributed by atoms with Crippen LogP contribution in [0.3, 0.4) is 0 Å². The number of hydrogen-bond donors (Lipinski definition) is 1. The van der Waals surface area contributed by atoms with Gasteiger partial charge < -0.3 is 4.18 Å². The van der Waals surface area contributed by atoms with Crippen molar-refractivity contribution in [3.05, 3.63) is 23.8 Å². The lowest BCUT2D eigenvalue weighted by Gasteiger charge is -2.04. The van der Waals surface area contributed by atoms with Gasteiger partial charge in [-0.1, -0.05) is 6.07 Å². The van der Waals surface area contributed by atoms with Crippen LogP contribution in [-0.2, 0) is 10.1 Å². The van der Waals surface area contributed by atoms with Gasteiger partial charge in [-0.15, -0.1) is 12.6 Å². The SMILES string of the molecule is Cc1ccc(OS(C)(=O)=O)cc1S. The summed E-state index contributed by atoms with van der Waals surface area (Å²) in [7, 11) is -3.44. The molecule has 0 saturated carbocycles. The van der Waals surface area contributed by atoms with Gasteiger partial charge in [-0.05, 0) is 24.6 Å². The quantitative estimate of drug-likeness (QED) is 0.606. The molecule has 0 N–H and O–H groups in total. The second-order valence-electron chi connectivity index (χ2n) is 2.74. The summed E-state index contributed by atoms with van der Waals surface area (Å²) >= 11 is 4.14. The highest BCUT2D eigenvalue weighted by atomic mass is 32.2. The lowest BCUT2D eigenvalue weighted by molar-refractivity contribution is 0.492. The van der Waals surface area contributed by atoms with E-state index in [2.05, 4.69) is 16.8 Å². The van der Waals surface area contributed by atoms with Gasteiger partial charge in [0.15, 0.2) is 0 Å². The molecule has 0 amide bonds. The van der Waals surface area contributed by atoms with E-state index in [0.29, 0.717) is 4.90 Å². The van der Waals surface area contributed by atoms with Crippen molar-refractivity contribution < 1.29 is 12.6 Å². The van der Waals surface area contributed by atoms with E-state index in [1.807, 2.05) is 6.92 Å². The number of hydrogen-bond acceptors (Lipinski definition) is 4. The van der Waals surface area contributed by atoms with E-state index in [4.69, 9.17) is 0 Å². The van der Waals surface area contributed by atoms with Crippen LogP contribution in [0.15, 0.2) is 23.1 Å². The highest BCUT2D eigenvalue weighted by molar-refractivity contribution is 7.86. The Morgan fingerprint density at radius 2 is 2.00 bits per heavy atom. The highest BCUT2D eigenvalue weighted by Crippen LogP contribution is 2.20. The Morgan fingerprint density at radius 3 is 2.46 bits per heavy atom. The summed E-state index contributed by atoms with van der Waals surface area (Å²) in [6.07, 6.45) is 1.01. The molecule has 0 aliphatic heterocycles. The maximum atomic E-state index is 10.7. The lowest BCUT2D eigenvalue weighted by atomic mass is 10.2. The predicted molar refractivity (Wildman–Crippen MR) is 53.9 cm³/mol. The fraction of sp³-hybridized carbons (Fsp3) is 0.250. The van der Waals surface area contributed by atoms with Crippen LogP contribution < -0.4 is 4.18 Å². The fourth-order valence-corrected chi connectivity index (χ4v) is 1.47. The summed E-state index contributed by atoms with van der Waals surface area (Å²) in [5.41, 5.74) is 0.976. The average Bonchev–Trinajstić information content (AvgIpc) is 1.94. The zero-order valence-electron chi connectivity index (χ0n) is 7.31. The van der Waals surface area contributed by atoms with Crippen LogP contribution in [0.2, 0.25) is 0 Å². The summed E-state index contributed by atoms with van der Waals surface area (Å²) in [5, 5.41) is 0. The minimum atomic E-state index is -3.44. The van der Waals surface area contributed by atoms with Gasteiger partial charge >= 0.3 is 10.1 Å². The third-order valence-corrected chi connectivity index (χ3v) is 2.41. The third kappa shape index (κ3) is 3.28. The summed E-state index contributed by atoms with van der Waals surface area (Å²) in [4.78, 5) is 0.709. The summed E-state index contributed by atoms with van der Waals surface area (Å²) in [6.45, 7) is 1.88. The monoisotopic (exact) mass is 218 g/mol. The number of aryl methyl sites for hydroxylation is 1. The van der Waals surface area contributed by atoms with E-state index in [-0.39, 0.29) is 5.75 Å². The minimum absolute atomic E-state index is 0.290. The lowest BCUT2D eigenvalue weighted by Crippen LogP contribution is -2.05. The van der Waals surface area contributed by atoms with Crippen molar-refractivity contribution in [2.24, 2.45) is 0 Å². The van der Waals surface area contributed by atoms with Crippen molar-refractivity contribution in [3.8, 4) is 5.75 Å². The second-order valence-corrected chi connectivity index (χ2v) is 4.79. The van der Waals surface area contributed by atoms with Crippen LogP contribution in [0, 0.1) is 6.92 Å².